The van der Waals surface area contributed by atoms with Crippen molar-refractivity contribution in [3.8, 4) is 0 Å². The summed E-state index contributed by atoms with van der Waals surface area (Å²) in [6.45, 7) is 3.51. The second-order valence-corrected chi connectivity index (χ2v) is 5.84. The lowest BCUT2D eigenvalue weighted by Gasteiger charge is -2.11. The molecule has 2 rings (SSSR count). The van der Waals surface area contributed by atoms with E-state index in [1.807, 2.05) is 0 Å². The molecule has 0 atom stereocenters. The molecule has 1 fully saturated rings. The summed E-state index contributed by atoms with van der Waals surface area (Å²) in [5.41, 5.74) is 0. The van der Waals surface area contributed by atoms with E-state index in [4.69, 9.17) is 4.74 Å². The third kappa shape index (κ3) is 7.44. The third-order valence-electron chi connectivity index (χ3n) is 3.04. The molecule has 0 aromatic carbocycles. The summed E-state index contributed by atoms with van der Waals surface area (Å²) in [7, 11) is 1.80. The Morgan fingerprint density at radius 2 is 2.30 bits per heavy atom. The molecule has 6 heteroatoms. The Labute approximate surface area is 142 Å². The minimum atomic E-state index is 0. The average Bonchev–Trinajstić information content (AvgIpc) is 3.11. The number of thiophene rings is 1. The molecule has 0 spiro atoms. The highest BCUT2D eigenvalue weighted by molar-refractivity contribution is 14.0. The average molecular weight is 409 g/mol. The van der Waals surface area contributed by atoms with Crippen LogP contribution in [0.3, 0.4) is 0 Å². The summed E-state index contributed by atoms with van der Waals surface area (Å²) in [5, 5.41) is 8.69. The molecule has 0 amide bonds. The van der Waals surface area contributed by atoms with Gasteiger partial charge in [0.25, 0.3) is 0 Å². The SMILES string of the molecule is CN=C(NCCCOCC1CC1)NCc1cccs1.I. The highest BCUT2D eigenvalue weighted by atomic mass is 127. The Balaban J connectivity index is 0.00000200. The van der Waals surface area contributed by atoms with E-state index in [2.05, 4.69) is 33.1 Å². The van der Waals surface area contributed by atoms with E-state index in [0.29, 0.717) is 0 Å². The normalized spacial score (nSPS) is 14.8. The van der Waals surface area contributed by atoms with Gasteiger partial charge >= 0.3 is 0 Å². The Morgan fingerprint density at radius 3 is 2.95 bits per heavy atom. The molecule has 1 heterocycles. The topological polar surface area (TPSA) is 45.7 Å². The van der Waals surface area contributed by atoms with Crippen LogP contribution >= 0.6 is 35.3 Å². The minimum absolute atomic E-state index is 0. The number of hydrogen-bond acceptors (Lipinski definition) is 3. The van der Waals surface area contributed by atoms with Crippen LogP contribution in [0.4, 0.5) is 0 Å². The van der Waals surface area contributed by atoms with Gasteiger partial charge in [-0.15, -0.1) is 35.3 Å². The van der Waals surface area contributed by atoms with Crippen LogP contribution in [-0.4, -0.2) is 32.8 Å². The van der Waals surface area contributed by atoms with E-state index in [-0.39, 0.29) is 24.0 Å². The molecule has 1 aliphatic rings. The lowest BCUT2D eigenvalue weighted by Crippen LogP contribution is -2.37. The number of ether oxygens (including phenoxy) is 1. The first-order valence-electron chi connectivity index (χ1n) is 6.93. The summed E-state index contributed by atoms with van der Waals surface area (Å²) in [4.78, 5) is 5.52. The summed E-state index contributed by atoms with van der Waals surface area (Å²) in [6.07, 6.45) is 3.74. The van der Waals surface area contributed by atoms with Gasteiger partial charge in [0.1, 0.15) is 0 Å². The zero-order valence-corrected chi connectivity index (χ0v) is 15.1. The van der Waals surface area contributed by atoms with Gasteiger partial charge in [0.15, 0.2) is 5.96 Å². The number of guanidine groups is 1. The van der Waals surface area contributed by atoms with Gasteiger partial charge in [-0.2, -0.15) is 0 Å². The van der Waals surface area contributed by atoms with Crippen molar-refractivity contribution in [2.75, 3.05) is 26.8 Å². The van der Waals surface area contributed by atoms with Gasteiger partial charge < -0.3 is 15.4 Å². The van der Waals surface area contributed by atoms with Crippen molar-refractivity contribution in [3.05, 3.63) is 22.4 Å². The van der Waals surface area contributed by atoms with Gasteiger partial charge in [0.05, 0.1) is 6.54 Å². The summed E-state index contributed by atoms with van der Waals surface area (Å²) in [5.74, 6) is 1.71. The zero-order valence-electron chi connectivity index (χ0n) is 11.9. The molecule has 20 heavy (non-hydrogen) atoms. The Bertz CT molecular complexity index is 380. The summed E-state index contributed by atoms with van der Waals surface area (Å²) < 4.78 is 5.59. The summed E-state index contributed by atoms with van der Waals surface area (Å²) >= 11 is 1.75. The predicted octanol–water partition coefficient (Wildman–Crippen LogP) is 2.85. The first kappa shape index (κ1) is 17.7. The minimum Gasteiger partial charge on any atom is -0.381 e. The van der Waals surface area contributed by atoms with Gasteiger partial charge in [-0.05, 0) is 36.6 Å². The fourth-order valence-electron chi connectivity index (χ4n) is 1.72. The molecule has 2 N–H and O–H groups in total. The molecule has 1 aromatic rings. The quantitative estimate of drug-likeness (QED) is 0.301. The van der Waals surface area contributed by atoms with E-state index in [0.717, 1.165) is 44.6 Å². The maximum Gasteiger partial charge on any atom is 0.191 e. The van der Waals surface area contributed by atoms with Crippen molar-refractivity contribution < 1.29 is 4.74 Å². The number of nitrogens with one attached hydrogen (secondary N) is 2. The van der Waals surface area contributed by atoms with Gasteiger partial charge in [0, 0.05) is 31.7 Å². The molecule has 4 nitrogen and oxygen atoms in total. The van der Waals surface area contributed by atoms with Crippen molar-refractivity contribution in [2.45, 2.75) is 25.8 Å². The predicted molar refractivity (Wildman–Crippen MR) is 96.1 cm³/mol. The molecule has 0 unspecified atom stereocenters. The lowest BCUT2D eigenvalue weighted by molar-refractivity contribution is 0.123. The van der Waals surface area contributed by atoms with Crippen molar-refractivity contribution in [2.24, 2.45) is 10.9 Å². The van der Waals surface area contributed by atoms with E-state index in [9.17, 15) is 0 Å². The van der Waals surface area contributed by atoms with Crippen LogP contribution in [-0.2, 0) is 11.3 Å². The van der Waals surface area contributed by atoms with Crippen LogP contribution in [0.15, 0.2) is 22.5 Å². The molecule has 114 valence electrons. The Hall–Kier alpha value is -0.340. The highest BCUT2D eigenvalue weighted by Crippen LogP contribution is 2.28. The number of nitrogens with zero attached hydrogens (tertiary/aromatic N) is 1. The maximum atomic E-state index is 5.59. The summed E-state index contributed by atoms with van der Waals surface area (Å²) in [6, 6.07) is 4.19. The van der Waals surface area contributed by atoms with Crippen LogP contribution < -0.4 is 10.6 Å². The molecule has 0 radical (unpaired) electrons. The van der Waals surface area contributed by atoms with Crippen molar-refractivity contribution in [1.82, 2.24) is 10.6 Å². The second kappa shape index (κ2) is 10.4. The Morgan fingerprint density at radius 1 is 1.45 bits per heavy atom. The van der Waals surface area contributed by atoms with E-state index in [1.54, 1.807) is 18.4 Å². The third-order valence-corrected chi connectivity index (χ3v) is 3.92. The van der Waals surface area contributed by atoms with Crippen molar-refractivity contribution in [1.29, 1.82) is 0 Å². The number of rotatable bonds is 8. The first-order valence-corrected chi connectivity index (χ1v) is 7.81. The molecular formula is C14H24IN3OS. The zero-order chi connectivity index (χ0) is 13.3. The van der Waals surface area contributed by atoms with Gasteiger partial charge in [-0.25, -0.2) is 0 Å². The Kier molecular flexibility index (Phi) is 9.21. The van der Waals surface area contributed by atoms with Crippen molar-refractivity contribution >= 4 is 41.3 Å². The van der Waals surface area contributed by atoms with Crippen molar-refractivity contribution in [3.63, 3.8) is 0 Å². The van der Waals surface area contributed by atoms with Crippen LogP contribution in [0, 0.1) is 5.92 Å². The molecule has 0 saturated heterocycles. The number of hydrogen-bond donors (Lipinski definition) is 2. The lowest BCUT2D eigenvalue weighted by atomic mass is 10.4. The van der Waals surface area contributed by atoms with Crippen LogP contribution in [0.5, 0.6) is 0 Å². The second-order valence-electron chi connectivity index (χ2n) is 4.80. The molecule has 0 bridgehead atoms. The van der Waals surface area contributed by atoms with Gasteiger partial charge in [-0.3, -0.25) is 4.99 Å². The first-order chi connectivity index (χ1) is 9.38. The van der Waals surface area contributed by atoms with E-state index < -0.39 is 0 Å². The number of aliphatic imine (C=N–C) groups is 1. The molecule has 1 aliphatic carbocycles. The maximum absolute atomic E-state index is 5.59. The molecule has 1 aromatic heterocycles. The van der Waals surface area contributed by atoms with E-state index >= 15 is 0 Å². The van der Waals surface area contributed by atoms with Gasteiger partial charge in [-0.1, -0.05) is 6.07 Å². The molecular weight excluding hydrogens is 385 g/mol. The van der Waals surface area contributed by atoms with Gasteiger partial charge in [0.2, 0.25) is 0 Å². The molecule has 0 aliphatic heterocycles. The highest BCUT2D eigenvalue weighted by Gasteiger charge is 2.20. The fourth-order valence-corrected chi connectivity index (χ4v) is 2.36. The van der Waals surface area contributed by atoms with Crippen LogP contribution in [0.2, 0.25) is 0 Å². The number of halogens is 1. The van der Waals surface area contributed by atoms with Crippen LogP contribution in [0.25, 0.3) is 0 Å². The van der Waals surface area contributed by atoms with E-state index in [1.165, 1.54) is 17.7 Å². The van der Waals surface area contributed by atoms with Crippen LogP contribution in [0.1, 0.15) is 24.1 Å². The largest absolute Gasteiger partial charge is 0.381 e. The fraction of sp³-hybridized carbons (Fsp3) is 0.643. The molecule has 1 saturated carbocycles. The monoisotopic (exact) mass is 409 g/mol. The standard InChI is InChI=1S/C14H23N3OS.HI/c1-15-14(17-10-13-4-2-9-19-13)16-7-3-8-18-11-12-5-6-12;/h2,4,9,12H,3,5-8,10-11H2,1H3,(H2,15,16,17);1H. The smallest absolute Gasteiger partial charge is 0.191 e.